The minimum Gasteiger partial charge on any atom is -0.329 e. The number of nitrogens with zero attached hydrogens (tertiary/aromatic N) is 1. The van der Waals surface area contributed by atoms with Gasteiger partial charge >= 0.3 is 0 Å². The summed E-state index contributed by atoms with van der Waals surface area (Å²) in [7, 11) is -2.82. The van der Waals surface area contributed by atoms with Crippen LogP contribution in [0.5, 0.6) is 0 Å². The first-order chi connectivity index (χ1) is 8.03. The summed E-state index contributed by atoms with van der Waals surface area (Å²) in [5, 5.41) is 0. The van der Waals surface area contributed by atoms with Gasteiger partial charge in [0, 0.05) is 25.4 Å². The van der Waals surface area contributed by atoms with E-state index in [-0.39, 0.29) is 0 Å². The summed E-state index contributed by atoms with van der Waals surface area (Å²) in [6, 6.07) is 0.631. The zero-order chi connectivity index (χ0) is 12.7. The van der Waals surface area contributed by atoms with Crippen LogP contribution in [0.15, 0.2) is 0 Å². The van der Waals surface area contributed by atoms with Crippen LogP contribution in [0.3, 0.4) is 0 Å². The Labute approximate surface area is 105 Å². The van der Waals surface area contributed by atoms with Crippen molar-refractivity contribution in [3.63, 3.8) is 0 Å². The predicted octanol–water partition coefficient (Wildman–Crippen LogP) is 1.01. The normalized spacial score (nSPS) is 18.8. The molecule has 0 aromatic carbocycles. The first kappa shape index (κ1) is 14.9. The fraction of sp³-hybridized carbons (Fsp3) is 1.00. The molecule has 0 radical (unpaired) electrons. The molecule has 0 saturated heterocycles. The summed E-state index contributed by atoms with van der Waals surface area (Å²) in [6.45, 7) is 2.43. The van der Waals surface area contributed by atoms with Crippen LogP contribution in [0.2, 0.25) is 0 Å². The van der Waals surface area contributed by atoms with Crippen LogP contribution in [0.4, 0.5) is 0 Å². The number of nitrogens with two attached hydrogens (primary N) is 1. The Bertz CT molecular complexity index is 298. The summed E-state index contributed by atoms with van der Waals surface area (Å²) >= 11 is 0. The summed E-state index contributed by atoms with van der Waals surface area (Å²) in [4.78, 5) is 2.39. The second kappa shape index (κ2) is 7.34. The quantitative estimate of drug-likeness (QED) is 0.744. The van der Waals surface area contributed by atoms with E-state index in [0.717, 1.165) is 19.5 Å². The van der Waals surface area contributed by atoms with E-state index in [2.05, 4.69) is 4.90 Å². The molecule has 102 valence electrons. The smallest absolute Gasteiger partial charge is 0.147 e. The van der Waals surface area contributed by atoms with Crippen LogP contribution in [-0.2, 0) is 9.84 Å². The molecule has 0 heterocycles. The maximum absolute atomic E-state index is 11.1. The van der Waals surface area contributed by atoms with Crippen molar-refractivity contribution in [1.29, 1.82) is 0 Å². The monoisotopic (exact) mass is 262 g/mol. The van der Waals surface area contributed by atoms with E-state index in [1.807, 2.05) is 0 Å². The lowest BCUT2D eigenvalue weighted by molar-refractivity contribution is 0.160. The molecule has 1 saturated carbocycles. The van der Waals surface area contributed by atoms with E-state index >= 15 is 0 Å². The molecule has 0 amide bonds. The molecule has 1 rings (SSSR count). The Kier molecular flexibility index (Phi) is 6.44. The highest BCUT2D eigenvalue weighted by molar-refractivity contribution is 7.90. The number of rotatable bonds is 7. The second-order valence-electron chi connectivity index (χ2n) is 5.10. The Morgan fingerprint density at radius 1 is 1.18 bits per heavy atom. The highest BCUT2D eigenvalue weighted by atomic mass is 32.2. The van der Waals surface area contributed by atoms with Gasteiger partial charge in [-0.1, -0.05) is 19.3 Å². The lowest BCUT2D eigenvalue weighted by atomic mass is 9.94. The van der Waals surface area contributed by atoms with Gasteiger partial charge in [-0.15, -0.1) is 0 Å². The Hall–Kier alpha value is -0.130. The average molecular weight is 262 g/mol. The van der Waals surface area contributed by atoms with Gasteiger partial charge in [0.1, 0.15) is 9.84 Å². The van der Waals surface area contributed by atoms with Gasteiger partial charge < -0.3 is 5.73 Å². The van der Waals surface area contributed by atoms with Crippen LogP contribution in [-0.4, -0.2) is 51.0 Å². The molecule has 17 heavy (non-hydrogen) atoms. The van der Waals surface area contributed by atoms with E-state index in [1.165, 1.54) is 38.4 Å². The maximum atomic E-state index is 11.1. The fourth-order valence-electron chi connectivity index (χ4n) is 2.62. The van der Waals surface area contributed by atoms with Crippen LogP contribution >= 0.6 is 0 Å². The van der Waals surface area contributed by atoms with Crippen molar-refractivity contribution in [2.24, 2.45) is 5.73 Å². The maximum Gasteiger partial charge on any atom is 0.147 e. The van der Waals surface area contributed by atoms with Gasteiger partial charge in [0.2, 0.25) is 0 Å². The third kappa shape index (κ3) is 6.38. The van der Waals surface area contributed by atoms with Crippen molar-refractivity contribution in [3.8, 4) is 0 Å². The van der Waals surface area contributed by atoms with Crippen molar-refractivity contribution in [1.82, 2.24) is 4.90 Å². The summed E-state index contributed by atoms with van der Waals surface area (Å²) in [5.74, 6) is 0.292. The molecule has 0 bridgehead atoms. The molecule has 0 aliphatic heterocycles. The average Bonchev–Trinajstić information content (AvgIpc) is 2.27. The SMILES string of the molecule is CS(=O)(=O)CCCN(CCN)C1CCCCC1. The highest BCUT2D eigenvalue weighted by Crippen LogP contribution is 2.22. The van der Waals surface area contributed by atoms with E-state index in [9.17, 15) is 8.42 Å². The minimum absolute atomic E-state index is 0.292. The molecule has 0 aromatic rings. The molecule has 1 aliphatic rings. The number of hydrogen-bond donors (Lipinski definition) is 1. The van der Waals surface area contributed by atoms with Crippen molar-refractivity contribution in [2.75, 3.05) is 31.6 Å². The third-order valence-electron chi connectivity index (χ3n) is 3.47. The summed E-state index contributed by atoms with van der Waals surface area (Å²) in [5.41, 5.74) is 5.63. The van der Waals surface area contributed by atoms with Gasteiger partial charge in [-0.2, -0.15) is 0 Å². The van der Waals surface area contributed by atoms with E-state index in [0.29, 0.717) is 18.3 Å². The molecule has 0 atom stereocenters. The van der Waals surface area contributed by atoms with Crippen LogP contribution in [0, 0.1) is 0 Å². The molecule has 1 fully saturated rings. The van der Waals surface area contributed by atoms with E-state index in [4.69, 9.17) is 5.73 Å². The first-order valence-electron chi connectivity index (χ1n) is 6.65. The molecule has 2 N–H and O–H groups in total. The molecule has 0 aromatic heterocycles. The molecular formula is C12H26N2O2S. The standard InChI is InChI=1S/C12H26N2O2S/c1-17(15,16)11-5-9-14(10-8-13)12-6-3-2-4-7-12/h12H,2-11,13H2,1H3. The zero-order valence-corrected chi connectivity index (χ0v) is 11.7. The van der Waals surface area contributed by atoms with Gasteiger partial charge in [-0.25, -0.2) is 8.42 Å². The summed E-state index contributed by atoms with van der Waals surface area (Å²) in [6.07, 6.45) is 8.49. The lowest BCUT2D eigenvalue weighted by Crippen LogP contribution is -2.41. The molecular weight excluding hydrogens is 236 g/mol. The first-order valence-corrected chi connectivity index (χ1v) is 8.71. The van der Waals surface area contributed by atoms with Crippen molar-refractivity contribution in [3.05, 3.63) is 0 Å². The minimum atomic E-state index is -2.82. The molecule has 4 nitrogen and oxygen atoms in total. The highest BCUT2D eigenvalue weighted by Gasteiger charge is 2.20. The third-order valence-corrected chi connectivity index (χ3v) is 4.50. The largest absolute Gasteiger partial charge is 0.329 e. The summed E-state index contributed by atoms with van der Waals surface area (Å²) < 4.78 is 22.2. The van der Waals surface area contributed by atoms with Gasteiger partial charge in [0.05, 0.1) is 5.75 Å². The zero-order valence-electron chi connectivity index (χ0n) is 10.9. The van der Waals surface area contributed by atoms with Crippen LogP contribution < -0.4 is 5.73 Å². The van der Waals surface area contributed by atoms with Crippen LogP contribution in [0.1, 0.15) is 38.5 Å². The molecule has 0 unspecified atom stereocenters. The molecule has 1 aliphatic carbocycles. The fourth-order valence-corrected chi connectivity index (χ4v) is 3.27. The molecule has 5 heteroatoms. The predicted molar refractivity (Wildman–Crippen MR) is 71.8 cm³/mol. The Morgan fingerprint density at radius 2 is 1.82 bits per heavy atom. The second-order valence-corrected chi connectivity index (χ2v) is 7.36. The van der Waals surface area contributed by atoms with Crippen LogP contribution in [0.25, 0.3) is 0 Å². The molecule has 0 spiro atoms. The van der Waals surface area contributed by atoms with Gasteiger partial charge in [0.15, 0.2) is 0 Å². The van der Waals surface area contributed by atoms with Crippen molar-refractivity contribution < 1.29 is 8.42 Å². The van der Waals surface area contributed by atoms with Gasteiger partial charge in [0.25, 0.3) is 0 Å². The number of hydrogen-bond acceptors (Lipinski definition) is 4. The van der Waals surface area contributed by atoms with Crippen molar-refractivity contribution in [2.45, 2.75) is 44.6 Å². The van der Waals surface area contributed by atoms with E-state index in [1.54, 1.807) is 0 Å². The number of sulfone groups is 1. The Morgan fingerprint density at radius 3 is 2.35 bits per heavy atom. The Balaban J connectivity index is 2.36. The van der Waals surface area contributed by atoms with E-state index < -0.39 is 9.84 Å². The van der Waals surface area contributed by atoms with Gasteiger partial charge in [-0.05, 0) is 25.8 Å². The lowest BCUT2D eigenvalue weighted by Gasteiger charge is -2.34. The van der Waals surface area contributed by atoms with Crippen molar-refractivity contribution >= 4 is 9.84 Å². The van der Waals surface area contributed by atoms with Gasteiger partial charge in [-0.3, -0.25) is 4.90 Å². The topological polar surface area (TPSA) is 63.4 Å².